The Bertz CT molecular complexity index is 829. The normalized spacial score (nSPS) is 34.9. The maximum absolute atomic E-state index is 13.2. The molecular formula is C23H31NO4S. The monoisotopic (exact) mass is 417 g/mol. The van der Waals surface area contributed by atoms with Crippen molar-refractivity contribution in [2.45, 2.75) is 69.7 Å². The van der Waals surface area contributed by atoms with Crippen LogP contribution >= 0.6 is 11.8 Å². The smallest absolute Gasteiger partial charge is 0.227 e. The van der Waals surface area contributed by atoms with E-state index in [1.165, 1.54) is 38.2 Å². The van der Waals surface area contributed by atoms with Crippen molar-refractivity contribution in [2.24, 2.45) is 23.7 Å². The number of hydrogen-bond acceptors (Lipinski definition) is 5. The van der Waals surface area contributed by atoms with Gasteiger partial charge >= 0.3 is 0 Å². The van der Waals surface area contributed by atoms with Gasteiger partial charge in [-0.2, -0.15) is 11.8 Å². The van der Waals surface area contributed by atoms with Crippen molar-refractivity contribution in [1.82, 2.24) is 5.32 Å². The van der Waals surface area contributed by atoms with Gasteiger partial charge in [-0.25, -0.2) is 0 Å². The van der Waals surface area contributed by atoms with Gasteiger partial charge in [0.05, 0.1) is 0 Å². The van der Waals surface area contributed by atoms with Crippen molar-refractivity contribution in [1.29, 1.82) is 0 Å². The van der Waals surface area contributed by atoms with Gasteiger partial charge in [-0.15, -0.1) is 0 Å². The van der Waals surface area contributed by atoms with E-state index in [1.807, 2.05) is 11.8 Å². The third-order valence-corrected chi connectivity index (χ3v) is 9.02. The first-order valence-corrected chi connectivity index (χ1v) is 12.3. The van der Waals surface area contributed by atoms with Crippen LogP contribution in [0.25, 0.3) is 0 Å². The molecule has 0 radical (unpaired) electrons. The Balaban J connectivity index is 1.38. The molecule has 6 heteroatoms. The predicted molar refractivity (Wildman–Crippen MR) is 113 cm³/mol. The van der Waals surface area contributed by atoms with Gasteiger partial charge in [0.1, 0.15) is 5.76 Å². The summed E-state index contributed by atoms with van der Waals surface area (Å²) in [5.41, 5.74) is -1.00. The van der Waals surface area contributed by atoms with Gasteiger partial charge in [0.15, 0.2) is 5.76 Å². The van der Waals surface area contributed by atoms with Crippen LogP contribution in [-0.4, -0.2) is 28.6 Å². The second-order valence-electron chi connectivity index (χ2n) is 9.99. The summed E-state index contributed by atoms with van der Waals surface area (Å²) in [6, 6.07) is 1.63. The summed E-state index contributed by atoms with van der Waals surface area (Å²) in [6.07, 6.45) is 8.26. The van der Waals surface area contributed by atoms with Gasteiger partial charge in [0.2, 0.25) is 17.1 Å². The molecule has 0 atom stereocenters. The SMILES string of the molecule is Cc1cc(=O)c(O)c(C2(CC(=O)NC3C4CC5CC(C4)CC3C5)CCSCC2)o1. The highest BCUT2D eigenvalue weighted by Gasteiger charge is 2.49. The zero-order chi connectivity index (χ0) is 20.2. The quantitative estimate of drug-likeness (QED) is 0.780. The van der Waals surface area contributed by atoms with E-state index >= 15 is 0 Å². The third-order valence-electron chi connectivity index (χ3n) is 8.03. The molecule has 1 amide bonds. The summed E-state index contributed by atoms with van der Waals surface area (Å²) in [4.78, 5) is 25.4. The standard InChI is InChI=1S/C23H31NO4S/c1-13-6-18(25)21(27)22(28-13)23(2-4-29-5-3-23)12-19(26)24-20-16-8-14-7-15(10-16)11-17(20)9-14/h6,14-17,20,27H,2-5,7-12H2,1H3,(H,24,26). The van der Waals surface area contributed by atoms with Crippen LogP contribution in [0.5, 0.6) is 5.75 Å². The Morgan fingerprint density at radius 2 is 1.79 bits per heavy atom. The fraction of sp³-hybridized carbons (Fsp3) is 0.739. The van der Waals surface area contributed by atoms with Crippen LogP contribution in [0.15, 0.2) is 15.3 Å². The van der Waals surface area contributed by atoms with E-state index in [0.29, 0.717) is 29.4 Å². The fourth-order valence-electron chi connectivity index (χ4n) is 6.91. The molecule has 1 aromatic heterocycles. The lowest BCUT2D eigenvalue weighted by molar-refractivity contribution is -0.126. The van der Waals surface area contributed by atoms with E-state index in [4.69, 9.17) is 4.42 Å². The molecule has 1 saturated heterocycles. The molecule has 0 aromatic carbocycles. The molecule has 1 aromatic rings. The highest BCUT2D eigenvalue weighted by molar-refractivity contribution is 7.99. The third kappa shape index (κ3) is 3.51. The Morgan fingerprint density at radius 1 is 1.17 bits per heavy atom. The molecule has 4 aliphatic carbocycles. The molecule has 0 unspecified atom stereocenters. The van der Waals surface area contributed by atoms with E-state index in [-0.39, 0.29) is 18.1 Å². The number of carbonyl (C=O) groups excluding carboxylic acids is 1. The van der Waals surface area contributed by atoms with Crippen molar-refractivity contribution < 1.29 is 14.3 Å². The van der Waals surface area contributed by atoms with E-state index in [2.05, 4.69) is 5.32 Å². The Kier molecular flexibility index (Phi) is 4.96. The number of hydrogen-bond donors (Lipinski definition) is 2. The van der Waals surface area contributed by atoms with Gasteiger partial charge in [-0.1, -0.05) is 0 Å². The van der Waals surface area contributed by atoms with Crippen molar-refractivity contribution in [3.63, 3.8) is 0 Å². The maximum Gasteiger partial charge on any atom is 0.227 e. The highest BCUT2D eigenvalue weighted by atomic mass is 32.2. The Morgan fingerprint density at radius 3 is 2.41 bits per heavy atom. The first-order valence-electron chi connectivity index (χ1n) is 11.1. The molecule has 6 rings (SSSR count). The van der Waals surface area contributed by atoms with Crippen LogP contribution in [0.2, 0.25) is 0 Å². The summed E-state index contributed by atoms with van der Waals surface area (Å²) >= 11 is 1.85. The first-order chi connectivity index (χ1) is 13.9. The van der Waals surface area contributed by atoms with E-state index < -0.39 is 10.8 Å². The minimum Gasteiger partial charge on any atom is -0.502 e. The van der Waals surface area contributed by atoms with Crippen molar-refractivity contribution in [3.05, 3.63) is 27.8 Å². The molecule has 1 aliphatic heterocycles. The lowest BCUT2D eigenvalue weighted by Gasteiger charge is -2.54. The van der Waals surface area contributed by atoms with Gasteiger partial charge in [0.25, 0.3) is 0 Å². The summed E-state index contributed by atoms with van der Waals surface area (Å²) in [5, 5.41) is 13.9. The van der Waals surface area contributed by atoms with Crippen molar-refractivity contribution in [2.75, 3.05) is 11.5 Å². The van der Waals surface area contributed by atoms with Crippen LogP contribution in [0.3, 0.4) is 0 Å². The molecule has 0 spiro atoms. The summed E-state index contributed by atoms with van der Waals surface area (Å²) < 4.78 is 5.88. The molecule has 4 saturated carbocycles. The molecule has 2 heterocycles. The molecule has 5 fully saturated rings. The largest absolute Gasteiger partial charge is 0.502 e. The number of thioether (sulfide) groups is 1. The number of carbonyl (C=O) groups is 1. The number of amides is 1. The molecule has 5 aliphatic rings. The second kappa shape index (κ2) is 7.36. The second-order valence-corrected chi connectivity index (χ2v) is 11.2. The lowest BCUT2D eigenvalue weighted by atomic mass is 9.54. The summed E-state index contributed by atoms with van der Waals surface area (Å²) in [7, 11) is 0. The maximum atomic E-state index is 13.2. The van der Waals surface area contributed by atoms with E-state index in [1.54, 1.807) is 6.92 Å². The van der Waals surface area contributed by atoms with Gasteiger partial charge in [-0.05, 0) is 87.0 Å². The van der Waals surface area contributed by atoms with E-state index in [0.717, 1.165) is 36.2 Å². The zero-order valence-corrected chi connectivity index (χ0v) is 17.9. The minimum atomic E-state index is -0.587. The molecule has 2 N–H and O–H groups in total. The van der Waals surface area contributed by atoms with Crippen LogP contribution in [0, 0.1) is 30.6 Å². The van der Waals surface area contributed by atoms with E-state index in [9.17, 15) is 14.7 Å². The number of rotatable bonds is 4. The predicted octanol–water partition coefficient (Wildman–Crippen LogP) is 3.75. The number of aryl methyl sites for hydroxylation is 1. The molecule has 29 heavy (non-hydrogen) atoms. The average molecular weight is 418 g/mol. The van der Waals surface area contributed by atoms with Crippen LogP contribution in [0.1, 0.15) is 62.9 Å². The minimum absolute atomic E-state index is 0.0536. The van der Waals surface area contributed by atoms with Gasteiger partial charge in [-0.3, -0.25) is 9.59 Å². The number of nitrogens with one attached hydrogen (secondary N) is 1. The Labute approximate surface area is 176 Å². The molecular weight excluding hydrogens is 386 g/mol. The molecule has 4 bridgehead atoms. The average Bonchev–Trinajstić information content (AvgIpc) is 2.67. The summed E-state index contributed by atoms with van der Waals surface area (Å²) in [5.74, 6) is 5.39. The first kappa shape index (κ1) is 19.5. The Hall–Kier alpha value is -1.43. The van der Waals surface area contributed by atoms with Crippen LogP contribution in [-0.2, 0) is 10.2 Å². The van der Waals surface area contributed by atoms with Crippen molar-refractivity contribution in [3.8, 4) is 5.75 Å². The van der Waals surface area contributed by atoms with Crippen LogP contribution < -0.4 is 10.7 Å². The van der Waals surface area contributed by atoms with Crippen molar-refractivity contribution >= 4 is 17.7 Å². The molecule has 158 valence electrons. The van der Waals surface area contributed by atoms with Gasteiger partial charge < -0.3 is 14.8 Å². The topological polar surface area (TPSA) is 79.5 Å². The zero-order valence-electron chi connectivity index (χ0n) is 17.1. The fourth-order valence-corrected chi connectivity index (χ4v) is 8.19. The summed E-state index contributed by atoms with van der Waals surface area (Å²) in [6.45, 7) is 1.73. The molecule has 5 nitrogen and oxygen atoms in total. The number of aromatic hydroxyl groups is 1. The van der Waals surface area contributed by atoms with Gasteiger partial charge in [0, 0.05) is 23.9 Å². The lowest BCUT2D eigenvalue weighted by Crippen LogP contribution is -2.56. The highest BCUT2D eigenvalue weighted by Crippen LogP contribution is 2.54. The van der Waals surface area contributed by atoms with Crippen LogP contribution in [0.4, 0.5) is 0 Å².